The Morgan fingerprint density at radius 3 is 2.57 bits per heavy atom. The predicted octanol–water partition coefficient (Wildman–Crippen LogP) is 2.27. The molecule has 0 aromatic heterocycles. The van der Waals surface area contributed by atoms with Crippen molar-refractivity contribution in [1.82, 2.24) is 5.32 Å². The summed E-state index contributed by atoms with van der Waals surface area (Å²) in [5, 5.41) is 12.7. The summed E-state index contributed by atoms with van der Waals surface area (Å²) in [6.07, 6.45) is 7.24. The minimum absolute atomic E-state index is 0.209. The second kappa shape index (κ2) is 15.7. The number of rotatable bonds is 15. The molecule has 5 heteroatoms. The third kappa shape index (κ3) is 15.6. The van der Waals surface area contributed by atoms with Crippen LogP contribution in [0.4, 0.5) is 0 Å². The van der Waals surface area contributed by atoms with E-state index in [1.165, 1.54) is 32.1 Å². The van der Waals surface area contributed by atoms with Crippen molar-refractivity contribution in [3.63, 3.8) is 0 Å². The minimum atomic E-state index is -0.521. The van der Waals surface area contributed by atoms with E-state index in [4.69, 9.17) is 9.47 Å². The van der Waals surface area contributed by atoms with Crippen LogP contribution in [0.2, 0.25) is 0 Å². The molecule has 0 amide bonds. The molecule has 21 heavy (non-hydrogen) atoms. The molecule has 0 aliphatic rings. The zero-order valence-electron chi connectivity index (χ0n) is 13.7. The molecule has 0 aliphatic carbocycles. The first-order valence-electron chi connectivity index (χ1n) is 8.32. The molecule has 0 heterocycles. The molecule has 0 saturated carbocycles. The van der Waals surface area contributed by atoms with E-state index in [2.05, 4.69) is 12.2 Å². The van der Waals surface area contributed by atoms with Crippen molar-refractivity contribution in [2.75, 3.05) is 32.9 Å². The summed E-state index contributed by atoms with van der Waals surface area (Å²) in [5.74, 6) is -0.209. The van der Waals surface area contributed by atoms with Gasteiger partial charge in [0.1, 0.15) is 0 Å². The molecule has 1 atom stereocenters. The van der Waals surface area contributed by atoms with Gasteiger partial charge >= 0.3 is 5.97 Å². The summed E-state index contributed by atoms with van der Waals surface area (Å²) < 4.78 is 10.2. The van der Waals surface area contributed by atoms with Gasteiger partial charge in [-0.2, -0.15) is 0 Å². The molecule has 0 rings (SSSR count). The first-order valence-corrected chi connectivity index (χ1v) is 8.32. The molecule has 1 unspecified atom stereocenters. The van der Waals surface area contributed by atoms with Crippen molar-refractivity contribution >= 4 is 5.97 Å². The maximum atomic E-state index is 11.1. The normalized spacial score (nSPS) is 12.3. The lowest BCUT2D eigenvalue weighted by atomic mass is 10.1. The molecule has 0 aliphatic heterocycles. The summed E-state index contributed by atoms with van der Waals surface area (Å²) in [7, 11) is 0. The van der Waals surface area contributed by atoms with E-state index in [9.17, 15) is 9.90 Å². The van der Waals surface area contributed by atoms with Gasteiger partial charge in [-0.05, 0) is 13.3 Å². The number of unbranched alkanes of at least 4 members (excludes halogenated alkanes) is 5. The summed E-state index contributed by atoms with van der Waals surface area (Å²) in [4.78, 5) is 11.1. The van der Waals surface area contributed by atoms with Crippen molar-refractivity contribution in [3.05, 3.63) is 0 Å². The van der Waals surface area contributed by atoms with Gasteiger partial charge in [0.15, 0.2) is 0 Å². The summed E-state index contributed by atoms with van der Waals surface area (Å²) in [5.41, 5.74) is 0. The third-order valence-corrected chi connectivity index (χ3v) is 3.14. The maximum absolute atomic E-state index is 11.1. The first kappa shape index (κ1) is 20.3. The van der Waals surface area contributed by atoms with E-state index in [1.54, 1.807) is 6.92 Å². The smallest absolute Gasteiger partial charge is 0.307 e. The van der Waals surface area contributed by atoms with Crippen LogP contribution in [0.5, 0.6) is 0 Å². The van der Waals surface area contributed by atoms with Gasteiger partial charge in [0.05, 0.1) is 25.7 Å². The lowest BCUT2D eigenvalue weighted by Crippen LogP contribution is -2.32. The average molecular weight is 303 g/mol. The molecule has 0 radical (unpaired) electrons. The molecular formula is C16H33NO4. The highest BCUT2D eigenvalue weighted by Gasteiger charge is 2.05. The van der Waals surface area contributed by atoms with Crippen LogP contribution in [0, 0.1) is 0 Å². The second-order valence-electron chi connectivity index (χ2n) is 5.26. The highest BCUT2D eigenvalue weighted by Crippen LogP contribution is 2.04. The predicted molar refractivity (Wildman–Crippen MR) is 84.3 cm³/mol. The molecule has 0 saturated heterocycles. The quantitative estimate of drug-likeness (QED) is 0.359. The van der Waals surface area contributed by atoms with Crippen LogP contribution in [-0.2, 0) is 14.3 Å². The Balaban J connectivity index is 3.23. The molecular weight excluding hydrogens is 270 g/mol. The van der Waals surface area contributed by atoms with E-state index in [0.717, 1.165) is 6.42 Å². The zero-order valence-corrected chi connectivity index (χ0v) is 13.7. The second-order valence-corrected chi connectivity index (χ2v) is 5.26. The Kier molecular flexibility index (Phi) is 15.2. The molecule has 2 N–H and O–H groups in total. The minimum Gasteiger partial charge on any atom is -0.466 e. The van der Waals surface area contributed by atoms with E-state index in [1.807, 2.05) is 0 Å². The van der Waals surface area contributed by atoms with Gasteiger partial charge in [0.25, 0.3) is 0 Å². The van der Waals surface area contributed by atoms with Crippen molar-refractivity contribution < 1.29 is 19.4 Å². The number of carbonyl (C=O) groups excluding carboxylic acids is 1. The molecule has 0 fully saturated rings. The van der Waals surface area contributed by atoms with Gasteiger partial charge in [0, 0.05) is 19.7 Å². The number of aliphatic hydroxyl groups is 1. The average Bonchev–Trinajstić information content (AvgIpc) is 2.47. The summed E-state index contributed by atoms with van der Waals surface area (Å²) >= 11 is 0. The molecule has 126 valence electrons. The number of esters is 1. The SMILES string of the molecule is CCCCCCCCOCC(O)CNCCC(=O)OCC. The highest BCUT2D eigenvalue weighted by molar-refractivity contribution is 5.69. The lowest BCUT2D eigenvalue weighted by molar-refractivity contribution is -0.143. The largest absolute Gasteiger partial charge is 0.466 e. The van der Waals surface area contributed by atoms with Crippen molar-refractivity contribution in [1.29, 1.82) is 0 Å². The van der Waals surface area contributed by atoms with Crippen LogP contribution in [0.25, 0.3) is 0 Å². The Bertz CT molecular complexity index is 236. The van der Waals surface area contributed by atoms with Crippen LogP contribution in [0.1, 0.15) is 58.8 Å². The highest BCUT2D eigenvalue weighted by atomic mass is 16.5. The van der Waals surface area contributed by atoms with Gasteiger partial charge in [-0.25, -0.2) is 0 Å². The number of aliphatic hydroxyl groups excluding tert-OH is 1. The van der Waals surface area contributed by atoms with Crippen LogP contribution in [-0.4, -0.2) is 50.1 Å². The van der Waals surface area contributed by atoms with E-state index in [-0.39, 0.29) is 5.97 Å². The van der Waals surface area contributed by atoms with Crippen LogP contribution >= 0.6 is 0 Å². The standard InChI is InChI=1S/C16H33NO4/c1-3-5-6-7-8-9-12-20-14-15(18)13-17-11-10-16(19)21-4-2/h15,17-18H,3-14H2,1-2H3. The van der Waals surface area contributed by atoms with Crippen LogP contribution in [0.3, 0.4) is 0 Å². The van der Waals surface area contributed by atoms with Gasteiger partial charge in [-0.15, -0.1) is 0 Å². The Morgan fingerprint density at radius 2 is 1.86 bits per heavy atom. The third-order valence-electron chi connectivity index (χ3n) is 3.14. The molecule has 0 bridgehead atoms. The van der Waals surface area contributed by atoms with Gasteiger partial charge < -0.3 is 19.9 Å². The maximum Gasteiger partial charge on any atom is 0.307 e. The molecule has 0 aromatic carbocycles. The summed E-state index contributed by atoms with van der Waals surface area (Å²) in [6, 6.07) is 0. The fourth-order valence-electron chi connectivity index (χ4n) is 1.96. The first-order chi connectivity index (χ1) is 10.2. The molecule has 0 aromatic rings. The zero-order chi connectivity index (χ0) is 15.8. The Morgan fingerprint density at radius 1 is 1.14 bits per heavy atom. The number of hydrogen-bond acceptors (Lipinski definition) is 5. The molecule has 5 nitrogen and oxygen atoms in total. The fourth-order valence-corrected chi connectivity index (χ4v) is 1.96. The number of carbonyl (C=O) groups is 1. The van der Waals surface area contributed by atoms with Crippen molar-refractivity contribution in [2.45, 2.75) is 64.9 Å². The van der Waals surface area contributed by atoms with E-state index in [0.29, 0.717) is 39.3 Å². The van der Waals surface area contributed by atoms with Crippen molar-refractivity contribution in [3.8, 4) is 0 Å². The number of ether oxygens (including phenoxy) is 2. The van der Waals surface area contributed by atoms with E-state index >= 15 is 0 Å². The number of nitrogens with one attached hydrogen (secondary N) is 1. The topological polar surface area (TPSA) is 67.8 Å². The summed E-state index contributed by atoms with van der Waals surface area (Å²) in [6.45, 7) is 6.44. The van der Waals surface area contributed by atoms with Crippen LogP contribution in [0.15, 0.2) is 0 Å². The monoisotopic (exact) mass is 303 g/mol. The van der Waals surface area contributed by atoms with Crippen molar-refractivity contribution in [2.24, 2.45) is 0 Å². The van der Waals surface area contributed by atoms with Gasteiger partial charge in [0.2, 0.25) is 0 Å². The fraction of sp³-hybridized carbons (Fsp3) is 0.938. The number of hydrogen-bond donors (Lipinski definition) is 2. The van der Waals surface area contributed by atoms with Gasteiger partial charge in [-0.3, -0.25) is 4.79 Å². The van der Waals surface area contributed by atoms with E-state index < -0.39 is 6.10 Å². The lowest BCUT2D eigenvalue weighted by Gasteiger charge is -2.12. The Labute approximate surface area is 129 Å². The Hall–Kier alpha value is -0.650. The molecule has 0 spiro atoms. The van der Waals surface area contributed by atoms with Crippen LogP contribution < -0.4 is 5.32 Å². The van der Waals surface area contributed by atoms with Gasteiger partial charge in [-0.1, -0.05) is 39.0 Å².